The molecule has 0 aliphatic carbocycles. The summed E-state index contributed by atoms with van der Waals surface area (Å²) in [6.45, 7) is 3.99. The smallest absolute Gasteiger partial charge is 0.138 e. The molecule has 0 saturated carbocycles. The minimum Gasteiger partial charge on any atom is -0.489 e. The quantitative estimate of drug-likeness (QED) is 0.865. The van der Waals surface area contributed by atoms with Crippen LogP contribution in [0, 0.1) is 0 Å². The monoisotopic (exact) mass is 298 g/mol. The molecule has 16 heavy (non-hydrogen) atoms. The first-order valence-electron chi connectivity index (χ1n) is 4.88. The Balaban J connectivity index is 2.28. The fourth-order valence-electron chi connectivity index (χ4n) is 1.26. The molecule has 2 aromatic heterocycles. The van der Waals surface area contributed by atoms with Gasteiger partial charge in [0.15, 0.2) is 0 Å². The van der Waals surface area contributed by atoms with Crippen molar-refractivity contribution in [1.82, 2.24) is 9.97 Å². The standard InChI is InChI=1S/C11H11BrN2OS/c1-7(2)15-9-3-8(4-13-5-9)11-14-10(12)6-16-11/h3-7H,1-2H3. The lowest BCUT2D eigenvalue weighted by molar-refractivity contribution is 0.241. The van der Waals surface area contributed by atoms with Gasteiger partial charge in [-0.25, -0.2) is 4.98 Å². The second-order valence-electron chi connectivity index (χ2n) is 3.55. The fourth-order valence-corrected chi connectivity index (χ4v) is 2.49. The van der Waals surface area contributed by atoms with E-state index in [0.717, 1.165) is 20.9 Å². The summed E-state index contributed by atoms with van der Waals surface area (Å²) in [5, 5.41) is 2.89. The first kappa shape index (κ1) is 11.5. The molecule has 0 atom stereocenters. The van der Waals surface area contributed by atoms with Crippen LogP contribution in [0.3, 0.4) is 0 Å². The molecular formula is C11H11BrN2OS. The number of hydrogen-bond acceptors (Lipinski definition) is 4. The zero-order valence-corrected chi connectivity index (χ0v) is 11.4. The van der Waals surface area contributed by atoms with Crippen molar-refractivity contribution in [2.75, 3.05) is 0 Å². The van der Waals surface area contributed by atoms with E-state index < -0.39 is 0 Å². The number of nitrogens with zero attached hydrogens (tertiary/aromatic N) is 2. The van der Waals surface area contributed by atoms with E-state index in [2.05, 4.69) is 25.9 Å². The highest BCUT2D eigenvalue weighted by atomic mass is 79.9. The second-order valence-corrected chi connectivity index (χ2v) is 5.22. The Morgan fingerprint density at radius 2 is 2.19 bits per heavy atom. The summed E-state index contributed by atoms with van der Waals surface area (Å²) in [6, 6.07) is 1.96. The highest BCUT2D eigenvalue weighted by molar-refractivity contribution is 9.10. The maximum atomic E-state index is 5.59. The third kappa shape index (κ3) is 2.80. The van der Waals surface area contributed by atoms with Crippen molar-refractivity contribution in [3.05, 3.63) is 28.4 Å². The van der Waals surface area contributed by atoms with Crippen molar-refractivity contribution >= 4 is 27.3 Å². The van der Waals surface area contributed by atoms with Crippen LogP contribution < -0.4 is 4.74 Å². The summed E-state index contributed by atoms with van der Waals surface area (Å²) < 4.78 is 6.44. The molecule has 0 radical (unpaired) electrons. The molecule has 0 unspecified atom stereocenters. The third-order valence-corrected chi connectivity index (χ3v) is 3.41. The number of ether oxygens (including phenoxy) is 1. The maximum absolute atomic E-state index is 5.59. The normalized spacial score (nSPS) is 10.8. The molecule has 0 aliphatic heterocycles. The fraction of sp³-hybridized carbons (Fsp3) is 0.273. The molecule has 2 aromatic rings. The largest absolute Gasteiger partial charge is 0.489 e. The van der Waals surface area contributed by atoms with Gasteiger partial charge in [0, 0.05) is 17.1 Å². The summed E-state index contributed by atoms with van der Waals surface area (Å²) in [7, 11) is 0. The Kier molecular flexibility index (Phi) is 3.56. The molecule has 0 bridgehead atoms. The lowest BCUT2D eigenvalue weighted by Gasteiger charge is -2.09. The number of pyridine rings is 1. The summed E-state index contributed by atoms with van der Waals surface area (Å²) in [5.41, 5.74) is 0.980. The van der Waals surface area contributed by atoms with Gasteiger partial charge in [0.05, 0.1) is 12.3 Å². The minimum absolute atomic E-state index is 0.153. The van der Waals surface area contributed by atoms with Gasteiger partial charge in [-0.05, 0) is 35.8 Å². The minimum atomic E-state index is 0.153. The molecule has 84 valence electrons. The molecule has 5 heteroatoms. The van der Waals surface area contributed by atoms with Crippen LogP contribution in [-0.4, -0.2) is 16.1 Å². The Morgan fingerprint density at radius 3 is 2.81 bits per heavy atom. The zero-order chi connectivity index (χ0) is 11.5. The average molecular weight is 299 g/mol. The van der Waals surface area contributed by atoms with Crippen LogP contribution in [0.1, 0.15) is 13.8 Å². The Bertz CT molecular complexity index is 484. The summed E-state index contributed by atoms with van der Waals surface area (Å²) >= 11 is 4.91. The van der Waals surface area contributed by atoms with Gasteiger partial charge < -0.3 is 4.74 Å². The van der Waals surface area contributed by atoms with E-state index in [4.69, 9.17) is 4.74 Å². The van der Waals surface area contributed by atoms with Gasteiger partial charge >= 0.3 is 0 Å². The highest BCUT2D eigenvalue weighted by Crippen LogP contribution is 2.27. The van der Waals surface area contributed by atoms with E-state index in [0.29, 0.717) is 0 Å². The van der Waals surface area contributed by atoms with Crippen molar-refractivity contribution in [1.29, 1.82) is 0 Å². The number of aromatic nitrogens is 2. The highest BCUT2D eigenvalue weighted by Gasteiger charge is 2.06. The molecular weight excluding hydrogens is 288 g/mol. The molecule has 0 fully saturated rings. The van der Waals surface area contributed by atoms with E-state index in [1.54, 1.807) is 23.7 Å². The number of halogens is 1. The lowest BCUT2D eigenvalue weighted by Crippen LogP contribution is -2.05. The van der Waals surface area contributed by atoms with Gasteiger partial charge in [0.25, 0.3) is 0 Å². The van der Waals surface area contributed by atoms with Gasteiger partial charge in [-0.1, -0.05) is 0 Å². The van der Waals surface area contributed by atoms with Crippen molar-refractivity contribution in [2.45, 2.75) is 20.0 Å². The molecule has 3 nitrogen and oxygen atoms in total. The van der Waals surface area contributed by atoms with Gasteiger partial charge in [0.2, 0.25) is 0 Å². The Labute approximate surface area is 107 Å². The van der Waals surface area contributed by atoms with Crippen LogP contribution in [0.4, 0.5) is 0 Å². The number of hydrogen-bond donors (Lipinski definition) is 0. The van der Waals surface area contributed by atoms with Crippen LogP contribution in [0.15, 0.2) is 28.4 Å². The number of rotatable bonds is 3. The molecule has 2 rings (SSSR count). The summed E-state index contributed by atoms with van der Waals surface area (Å²) in [6.07, 6.45) is 3.66. The van der Waals surface area contributed by atoms with Crippen LogP contribution >= 0.6 is 27.3 Å². The predicted molar refractivity (Wildman–Crippen MR) is 68.8 cm³/mol. The van der Waals surface area contributed by atoms with Crippen LogP contribution in [0.2, 0.25) is 0 Å². The van der Waals surface area contributed by atoms with Crippen molar-refractivity contribution in [3.8, 4) is 16.3 Å². The number of thiazole rings is 1. The van der Waals surface area contributed by atoms with E-state index >= 15 is 0 Å². The third-order valence-electron chi connectivity index (χ3n) is 1.81. The second kappa shape index (κ2) is 4.93. The molecule has 0 spiro atoms. The molecule has 0 aromatic carbocycles. The Hall–Kier alpha value is -0.940. The molecule has 0 amide bonds. The first-order chi connectivity index (χ1) is 7.65. The molecule has 0 saturated heterocycles. The topological polar surface area (TPSA) is 35.0 Å². The van der Waals surface area contributed by atoms with Crippen molar-refractivity contribution < 1.29 is 4.74 Å². The maximum Gasteiger partial charge on any atom is 0.138 e. The SMILES string of the molecule is CC(C)Oc1cncc(-c2nc(Br)cs2)c1. The van der Waals surface area contributed by atoms with E-state index in [1.165, 1.54) is 0 Å². The zero-order valence-electron chi connectivity index (χ0n) is 8.98. The first-order valence-corrected chi connectivity index (χ1v) is 6.55. The van der Waals surface area contributed by atoms with Crippen molar-refractivity contribution in [3.63, 3.8) is 0 Å². The summed E-state index contributed by atoms with van der Waals surface area (Å²) in [4.78, 5) is 8.49. The van der Waals surface area contributed by atoms with E-state index in [1.807, 2.05) is 25.3 Å². The van der Waals surface area contributed by atoms with Gasteiger partial charge in [-0.15, -0.1) is 11.3 Å². The van der Waals surface area contributed by atoms with Crippen molar-refractivity contribution in [2.24, 2.45) is 0 Å². The molecule has 2 heterocycles. The summed E-state index contributed by atoms with van der Waals surface area (Å²) in [5.74, 6) is 0.777. The average Bonchev–Trinajstić information content (AvgIpc) is 2.64. The van der Waals surface area contributed by atoms with Crippen LogP contribution in [0.25, 0.3) is 10.6 Å². The van der Waals surface area contributed by atoms with Gasteiger partial charge in [0.1, 0.15) is 15.4 Å². The van der Waals surface area contributed by atoms with Crippen LogP contribution in [0.5, 0.6) is 5.75 Å². The molecule has 0 aliphatic rings. The molecule has 0 N–H and O–H groups in total. The van der Waals surface area contributed by atoms with E-state index in [-0.39, 0.29) is 6.10 Å². The van der Waals surface area contributed by atoms with Gasteiger partial charge in [-0.3, -0.25) is 4.98 Å². The van der Waals surface area contributed by atoms with Crippen LogP contribution in [-0.2, 0) is 0 Å². The predicted octanol–water partition coefficient (Wildman–Crippen LogP) is 3.75. The van der Waals surface area contributed by atoms with Gasteiger partial charge in [-0.2, -0.15) is 0 Å². The Morgan fingerprint density at radius 1 is 1.38 bits per heavy atom. The lowest BCUT2D eigenvalue weighted by atomic mass is 10.3. The van der Waals surface area contributed by atoms with E-state index in [9.17, 15) is 0 Å².